The molecular formula is C8H12F2N2O3S. The van der Waals surface area contributed by atoms with Crippen LogP contribution in [0.15, 0.2) is 4.99 Å². The lowest BCUT2D eigenvalue weighted by atomic mass is 10.0. The van der Waals surface area contributed by atoms with Crippen LogP contribution in [-0.2, 0) is 14.8 Å². The molecule has 16 heavy (non-hydrogen) atoms. The molecule has 1 rings (SSSR count). The molecule has 1 aliphatic rings. The molecule has 0 radical (unpaired) electrons. The number of hydrogen-bond acceptors (Lipinski definition) is 4. The predicted molar refractivity (Wildman–Crippen MR) is 52.2 cm³/mol. The molecule has 0 spiro atoms. The molecule has 5 nitrogen and oxygen atoms in total. The number of halogens is 2. The van der Waals surface area contributed by atoms with E-state index in [0.717, 1.165) is 4.31 Å². The Balaban J connectivity index is 2.78. The highest BCUT2D eigenvalue weighted by molar-refractivity contribution is 7.89. The molecule has 0 aromatic heterocycles. The lowest BCUT2D eigenvalue weighted by Gasteiger charge is -2.34. The Kier molecular flexibility index (Phi) is 4.12. The number of nitrogens with zero attached hydrogens (tertiary/aromatic N) is 2. The van der Waals surface area contributed by atoms with Crippen LogP contribution in [0.5, 0.6) is 0 Å². The van der Waals surface area contributed by atoms with E-state index in [4.69, 9.17) is 0 Å². The molecule has 0 aliphatic carbocycles. The lowest BCUT2D eigenvalue weighted by molar-refractivity contribution is 0.191. The first kappa shape index (κ1) is 13.2. The van der Waals surface area contributed by atoms with Crippen molar-refractivity contribution in [3.8, 4) is 0 Å². The number of carbonyl (C=O) groups excluding carboxylic acids is 1. The summed E-state index contributed by atoms with van der Waals surface area (Å²) < 4.78 is 47.8. The summed E-state index contributed by atoms with van der Waals surface area (Å²) in [5, 5.41) is 0. The maximum atomic E-state index is 12.3. The van der Waals surface area contributed by atoms with Gasteiger partial charge in [0.15, 0.2) is 0 Å². The van der Waals surface area contributed by atoms with Crippen LogP contribution in [0.4, 0.5) is 8.78 Å². The highest BCUT2D eigenvalue weighted by Crippen LogP contribution is 2.25. The van der Waals surface area contributed by atoms with Gasteiger partial charge in [-0.2, -0.15) is 13.1 Å². The van der Waals surface area contributed by atoms with E-state index in [2.05, 4.69) is 4.99 Å². The highest BCUT2D eigenvalue weighted by atomic mass is 32.2. The average Bonchev–Trinajstić information content (AvgIpc) is 2.17. The topological polar surface area (TPSA) is 66.8 Å². The van der Waals surface area contributed by atoms with Gasteiger partial charge in [0.2, 0.25) is 6.08 Å². The summed E-state index contributed by atoms with van der Waals surface area (Å²) in [4.78, 5) is 13.5. The monoisotopic (exact) mass is 254 g/mol. The number of hydrogen-bond donors (Lipinski definition) is 0. The van der Waals surface area contributed by atoms with Gasteiger partial charge in [0.25, 0.3) is 10.0 Å². The van der Waals surface area contributed by atoms with E-state index in [1.54, 1.807) is 0 Å². The van der Waals surface area contributed by atoms with Crippen molar-refractivity contribution in [3.63, 3.8) is 0 Å². The normalized spacial score (nSPS) is 27.8. The van der Waals surface area contributed by atoms with Crippen molar-refractivity contribution < 1.29 is 22.0 Å². The van der Waals surface area contributed by atoms with Crippen molar-refractivity contribution in [2.45, 2.75) is 37.6 Å². The molecule has 0 amide bonds. The number of sulfonamides is 1. The van der Waals surface area contributed by atoms with E-state index in [0.29, 0.717) is 0 Å². The molecule has 92 valence electrons. The first-order chi connectivity index (χ1) is 7.39. The Morgan fingerprint density at radius 2 is 2.12 bits per heavy atom. The molecule has 2 unspecified atom stereocenters. The van der Waals surface area contributed by atoms with Crippen molar-refractivity contribution in [1.82, 2.24) is 4.31 Å². The van der Waals surface area contributed by atoms with E-state index in [1.807, 2.05) is 0 Å². The van der Waals surface area contributed by atoms with Gasteiger partial charge in [-0.3, -0.25) is 0 Å². The molecule has 2 atom stereocenters. The number of aliphatic imine (C=N–C) groups is 1. The Morgan fingerprint density at radius 3 is 2.56 bits per heavy atom. The third-order valence-corrected chi connectivity index (χ3v) is 4.22. The zero-order valence-corrected chi connectivity index (χ0v) is 9.45. The quantitative estimate of drug-likeness (QED) is 0.550. The van der Waals surface area contributed by atoms with Crippen molar-refractivity contribution >= 4 is 16.1 Å². The Hall–Kier alpha value is -0.850. The smallest absolute Gasteiger partial charge is 0.211 e. The number of rotatable bonds is 3. The van der Waals surface area contributed by atoms with Gasteiger partial charge in [-0.15, -0.1) is 0 Å². The first-order valence-electron chi connectivity index (χ1n) is 4.75. The van der Waals surface area contributed by atoms with E-state index >= 15 is 0 Å². The van der Waals surface area contributed by atoms with Gasteiger partial charge < -0.3 is 0 Å². The third kappa shape index (κ3) is 2.63. The van der Waals surface area contributed by atoms with Crippen molar-refractivity contribution in [1.29, 1.82) is 0 Å². The van der Waals surface area contributed by atoms with Crippen LogP contribution < -0.4 is 0 Å². The molecule has 8 heteroatoms. The molecule has 1 fully saturated rings. The summed E-state index contributed by atoms with van der Waals surface area (Å²) in [7, 11) is -4.53. The van der Waals surface area contributed by atoms with Gasteiger partial charge in [0, 0.05) is 12.6 Å². The van der Waals surface area contributed by atoms with Gasteiger partial charge in [-0.1, -0.05) is 0 Å². The van der Waals surface area contributed by atoms with Gasteiger partial charge in [-0.25, -0.2) is 18.2 Å². The van der Waals surface area contributed by atoms with Crippen LogP contribution in [0.2, 0.25) is 0 Å². The zero-order valence-electron chi connectivity index (χ0n) is 8.64. The van der Waals surface area contributed by atoms with E-state index in [-0.39, 0.29) is 25.4 Å². The van der Waals surface area contributed by atoms with Gasteiger partial charge in [0.05, 0.1) is 6.04 Å². The Labute approximate surface area is 92.2 Å². The predicted octanol–water partition coefficient (Wildman–Crippen LogP) is 0.728. The second kappa shape index (κ2) is 4.99. The second-order valence-corrected chi connectivity index (χ2v) is 5.52. The maximum absolute atomic E-state index is 12.3. The minimum atomic E-state index is -4.53. The summed E-state index contributed by atoms with van der Waals surface area (Å²) in [6, 6.07) is -0.897. The maximum Gasteiger partial charge on any atom is 0.350 e. The van der Waals surface area contributed by atoms with Crippen LogP contribution in [-0.4, -0.2) is 43.2 Å². The molecule has 1 aliphatic heterocycles. The summed E-state index contributed by atoms with van der Waals surface area (Å²) >= 11 is 0. The minimum absolute atomic E-state index is 0.0380. The van der Waals surface area contributed by atoms with Crippen molar-refractivity contribution in [2.24, 2.45) is 4.99 Å². The van der Waals surface area contributed by atoms with Gasteiger partial charge >= 0.3 is 5.76 Å². The van der Waals surface area contributed by atoms with Crippen LogP contribution in [0.3, 0.4) is 0 Å². The fourth-order valence-corrected chi connectivity index (χ4v) is 2.95. The number of alkyl halides is 2. The minimum Gasteiger partial charge on any atom is -0.211 e. The molecule has 0 aromatic carbocycles. The fourth-order valence-electron chi connectivity index (χ4n) is 1.80. The standard InChI is InChI=1S/C8H12F2N2O3S/c1-6-4-7(11-5-13)2-3-12(6)16(14,15)8(9)10/h6-8H,2-4H2,1H3. The number of piperidine rings is 1. The number of isocyanates is 1. The van der Waals surface area contributed by atoms with Crippen molar-refractivity contribution in [2.75, 3.05) is 6.54 Å². The van der Waals surface area contributed by atoms with Crippen LogP contribution in [0, 0.1) is 0 Å². The average molecular weight is 254 g/mol. The Morgan fingerprint density at radius 1 is 1.50 bits per heavy atom. The SMILES string of the molecule is CC1CC(N=C=O)CCN1S(=O)(=O)C(F)F. The molecule has 0 N–H and O–H groups in total. The summed E-state index contributed by atoms with van der Waals surface area (Å²) in [5.41, 5.74) is 0. The summed E-state index contributed by atoms with van der Waals surface area (Å²) in [6.07, 6.45) is 1.93. The molecule has 0 bridgehead atoms. The lowest BCUT2D eigenvalue weighted by Crippen LogP contribution is -2.47. The third-order valence-electron chi connectivity index (χ3n) is 2.57. The molecule has 1 heterocycles. The first-order valence-corrected chi connectivity index (χ1v) is 6.25. The van der Waals surface area contributed by atoms with E-state index < -0.39 is 21.8 Å². The fraction of sp³-hybridized carbons (Fsp3) is 0.875. The molecule has 0 aromatic rings. The van der Waals surface area contributed by atoms with Crippen molar-refractivity contribution in [3.05, 3.63) is 0 Å². The van der Waals surface area contributed by atoms with Crippen LogP contribution >= 0.6 is 0 Å². The molecule has 1 saturated heterocycles. The molecular weight excluding hydrogens is 242 g/mol. The summed E-state index contributed by atoms with van der Waals surface area (Å²) in [5.74, 6) is -3.40. The van der Waals surface area contributed by atoms with Crippen LogP contribution in [0.1, 0.15) is 19.8 Å². The zero-order chi connectivity index (χ0) is 12.3. The van der Waals surface area contributed by atoms with Gasteiger partial charge in [0.1, 0.15) is 0 Å². The molecule has 0 saturated carbocycles. The second-order valence-electron chi connectivity index (χ2n) is 3.66. The largest absolute Gasteiger partial charge is 0.350 e. The van der Waals surface area contributed by atoms with E-state index in [9.17, 15) is 22.0 Å². The van der Waals surface area contributed by atoms with Gasteiger partial charge in [-0.05, 0) is 19.8 Å². The van der Waals surface area contributed by atoms with Crippen LogP contribution in [0.25, 0.3) is 0 Å². The summed E-state index contributed by atoms with van der Waals surface area (Å²) in [6.45, 7) is 1.48. The Bertz CT molecular complexity index is 392. The van der Waals surface area contributed by atoms with E-state index in [1.165, 1.54) is 13.0 Å². The highest BCUT2D eigenvalue weighted by Gasteiger charge is 2.38.